The number of piperidine rings is 1. The van der Waals surface area contributed by atoms with Crippen LogP contribution in [-0.2, 0) is 15.7 Å². The highest BCUT2D eigenvalue weighted by Crippen LogP contribution is 2.39. The number of benzene rings is 1. The van der Waals surface area contributed by atoms with Gasteiger partial charge in [-0.3, -0.25) is 9.48 Å². The number of aromatic nitrogens is 2. The summed E-state index contributed by atoms with van der Waals surface area (Å²) in [6, 6.07) is 8.72. The molecule has 5 nitrogen and oxygen atoms in total. The molecule has 1 amide bonds. The van der Waals surface area contributed by atoms with Gasteiger partial charge in [0.15, 0.2) is 0 Å². The highest BCUT2D eigenvalue weighted by molar-refractivity contribution is 5.84. The van der Waals surface area contributed by atoms with E-state index in [9.17, 15) is 9.18 Å². The lowest BCUT2D eigenvalue weighted by molar-refractivity contribution is -0.132. The van der Waals surface area contributed by atoms with Crippen molar-refractivity contribution in [2.75, 3.05) is 19.6 Å². The van der Waals surface area contributed by atoms with Crippen LogP contribution in [0, 0.1) is 5.82 Å². The number of hydrogen-bond acceptors (Lipinski definition) is 3. The molecule has 0 spiro atoms. The average Bonchev–Trinajstić information content (AvgIpc) is 3.29. The molecule has 1 saturated heterocycles. The zero-order chi connectivity index (χ0) is 19.5. The average molecular weight is 384 g/mol. The van der Waals surface area contributed by atoms with Gasteiger partial charge in [-0.15, -0.1) is 0 Å². The number of rotatable bonds is 5. The third-order valence-corrected chi connectivity index (χ3v) is 6.65. The first-order chi connectivity index (χ1) is 13.6. The Labute approximate surface area is 165 Å². The lowest BCUT2D eigenvalue weighted by Gasteiger charge is -2.41. The second-order valence-corrected chi connectivity index (χ2v) is 8.26. The number of nitrogens with one attached hydrogen (secondary N) is 2. The third kappa shape index (κ3) is 3.58. The first kappa shape index (κ1) is 19.1. The summed E-state index contributed by atoms with van der Waals surface area (Å²) in [5.41, 5.74) is 0.389. The monoisotopic (exact) mass is 384 g/mol. The summed E-state index contributed by atoms with van der Waals surface area (Å²) in [5.74, 6) is -0.171. The zero-order valence-electron chi connectivity index (χ0n) is 16.3. The fourth-order valence-electron chi connectivity index (χ4n) is 4.94. The van der Waals surface area contributed by atoms with Crippen LogP contribution in [0.15, 0.2) is 42.7 Å². The molecule has 1 aliphatic carbocycles. The molecule has 2 heterocycles. The van der Waals surface area contributed by atoms with Crippen molar-refractivity contribution >= 4 is 5.91 Å². The number of nitrogens with zero attached hydrogens (tertiary/aromatic N) is 2. The summed E-state index contributed by atoms with van der Waals surface area (Å²) in [5, 5.41) is 11.0. The molecule has 4 rings (SSSR count). The summed E-state index contributed by atoms with van der Waals surface area (Å²) in [4.78, 5) is 13.4. The van der Waals surface area contributed by atoms with Gasteiger partial charge in [0.1, 0.15) is 11.4 Å². The summed E-state index contributed by atoms with van der Waals surface area (Å²) in [7, 11) is 0. The van der Waals surface area contributed by atoms with Crippen LogP contribution in [0.4, 0.5) is 4.39 Å². The Balaban J connectivity index is 1.56. The Morgan fingerprint density at radius 1 is 1.11 bits per heavy atom. The van der Waals surface area contributed by atoms with E-state index in [4.69, 9.17) is 0 Å². The van der Waals surface area contributed by atoms with Gasteiger partial charge in [-0.05, 0) is 62.5 Å². The van der Waals surface area contributed by atoms with E-state index in [1.54, 1.807) is 6.20 Å². The van der Waals surface area contributed by atoms with Gasteiger partial charge in [-0.1, -0.05) is 31.4 Å². The van der Waals surface area contributed by atoms with Crippen LogP contribution >= 0.6 is 0 Å². The second kappa shape index (κ2) is 8.03. The van der Waals surface area contributed by atoms with E-state index < -0.39 is 5.54 Å². The van der Waals surface area contributed by atoms with Gasteiger partial charge in [-0.25, -0.2) is 4.39 Å². The molecule has 0 bridgehead atoms. The van der Waals surface area contributed by atoms with Crippen molar-refractivity contribution in [1.29, 1.82) is 0 Å². The molecule has 2 fully saturated rings. The smallest absolute Gasteiger partial charge is 0.248 e. The van der Waals surface area contributed by atoms with E-state index in [0.717, 1.165) is 57.2 Å². The Bertz CT molecular complexity index is 775. The molecule has 1 aliphatic heterocycles. The van der Waals surface area contributed by atoms with E-state index >= 15 is 0 Å². The van der Waals surface area contributed by atoms with Crippen LogP contribution in [0.5, 0.6) is 0 Å². The quantitative estimate of drug-likeness (QED) is 0.833. The summed E-state index contributed by atoms with van der Waals surface area (Å²) in [6.45, 7) is 2.20. The number of hydrogen-bond donors (Lipinski definition) is 2. The molecule has 0 radical (unpaired) electrons. The Kier molecular flexibility index (Phi) is 5.49. The van der Waals surface area contributed by atoms with Crippen LogP contribution in [0.3, 0.4) is 0 Å². The number of amides is 1. The van der Waals surface area contributed by atoms with Gasteiger partial charge in [0.25, 0.3) is 0 Å². The largest absolute Gasteiger partial charge is 0.353 e. The fourth-order valence-corrected chi connectivity index (χ4v) is 4.94. The molecule has 2 N–H and O–H groups in total. The van der Waals surface area contributed by atoms with Crippen molar-refractivity contribution in [3.8, 4) is 0 Å². The van der Waals surface area contributed by atoms with Crippen LogP contribution in [-0.4, -0.2) is 35.3 Å². The maximum absolute atomic E-state index is 13.5. The molecular formula is C22H29FN4O. The Morgan fingerprint density at radius 2 is 1.82 bits per heavy atom. The predicted molar refractivity (Wildman–Crippen MR) is 106 cm³/mol. The molecule has 1 aromatic heterocycles. The Morgan fingerprint density at radius 3 is 2.46 bits per heavy atom. The standard InChI is InChI=1S/C22H29FN4O/c23-19-7-5-18(6-8-19)21(9-2-1-3-10-21)17-25-20(28)22(11-14-24-15-12-22)27-16-4-13-26-27/h4-8,13,16,24H,1-3,9-12,14-15,17H2,(H,25,28). The maximum Gasteiger partial charge on any atom is 0.248 e. The molecule has 150 valence electrons. The van der Waals surface area contributed by atoms with Gasteiger partial charge in [0.2, 0.25) is 5.91 Å². The van der Waals surface area contributed by atoms with Crippen LogP contribution in [0.1, 0.15) is 50.5 Å². The topological polar surface area (TPSA) is 59.0 Å². The first-order valence-electron chi connectivity index (χ1n) is 10.4. The summed E-state index contributed by atoms with van der Waals surface area (Å²) < 4.78 is 15.3. The fraction of sp³-hybridized carbons (Fsp3) is 0.545. The number of carbonyl (C=O) groups is 1. The van der Waals surface area contributed by atoms with Crippen LogP contribution in [0.25, 0.3) is 0 Å². The van der Waals surface area contributed by atoms with E-state index in [2.05, 4.69) is 15.7 Å². The highest BCUT2D eigenvalue weighted by Gasteiger charge is 2.43. The van der Waals surface area contributed by atoms with Crippen molar-refractivity contribution in [3.05, 3.63) is 54.1 Å². The zero-order valence-corrected chi connectivity index (χ0v) is 16.3. The molecule has 1 saturated carbocycles. The normalized spacial score (nSPS) is 21.2. The van der Waals surface area contributed by atoms with Crippen LogP contribution < -0.4 is 10.6 Å². The maximum atomic E-state index is 13.5. The van der Waals surface area contributed by atoms with E-state index in [-0.39, 0.29) is 17.1 Å². The van der Waals surface area contributed by atoms with E-state index in [1.165, 1.54) is 18.6 Å². The van der Waals surface area contributed by atoms with Gasteiger partial charge < -0.3 is 10.6 Å². The molecule has 2 aromatic rings. The number of carbonyl (C=O) groups excluding carboxylic acids is 1. The van der Waals surface area contributed by atoms with Gasteiger partial charge in [0.05, 0.1) is 0 Å². The van der Waals surface area contributed by atoms with Crippen molar-refractivity contribution in [2.24, 2.45) is 0 Å². The van der Waals surface area contributed by atoms with Gasteiger partial charge in [-0.2, -0.15) is 5.10 Å². The lowest BCUT2D eigenvalue weighted by Crippen LogP contribution is -2.56. The van der Waals surface area contributed by atoms with Crippen molar-refractivity contribution in [2.45, 2.75) is 55.9 Å². The van der Waals surface area contributed by atoms with Crippen molar-refractivity contribution < 1.29 is 9.18 Å². The predicted octanol–water partition coefficient (Wildman–Crippen LogP) is 3.12. The minimum atomic E-state index is -0.632. The molecule has 1 aromatic carbocycles. The molecule has 0 atom stereocenters. The van der Waals surface area contributed by atoms with Crippen molar-refractivity contribution in [1.82, 2.24) is 20.4 Å². The van der Waals surface area contributed by atoms with E-state index in [1.807, 2.05) is 29.1 Å². The molecule has 2 aliphatic rings. The molecule has 6 heteroatoms. The van der Waals surface area contributed by atoms with Gasteiger partial charge >= 0.3 is 0 Å². The van der Waals surface area contributed by atoms with E-state index in [0.29, 0.717) is 6.54 Å². The second-order valence-electron chi connectivity index (χ2n) is 8.26. The Hall–Kier alpha value is -2.21. The number of halogens is 1. The minimum Gasteiger partial charge on any atom is -0.353 e. The first-order valence-corrected chi connectivity index (χ1v) is 10.4. The van der Waals surface area contributed by atoms with Gasteiger partial charge in [0, 0.05) is 24.4 Å². The molecule has 0 unspecified atom stereocenters. The minimum absolute atomic E-state index is 0.0461. The highest BCUT2D eigenvalue weighted by atomic mass is 19.1. The SMILES string of the molecule is O=C(NCC1(c2ccc(F)cc2)CCCCC1)C1(n2cccn2)CCNCC1. The lowest BCUT2D eigenvalue weighted by atomic mass is 9.69. The summed E-state index contributed by atoms with van der Waals surface area (Å²) in [6.07, 6.45) is 10.6. The molecule has 28 heavy (non-hydrogen) atoms. The van der Waals surface area contributed by atoms with Crippen LogP contribution in [0.2, 0.25) is 0 Å². The van der Waals surface area contributed by atoms with Crippen molar-refractivity contribution in [3.63, 3.8) is 0 Å². The summed E-state index contributed by atoms with van der Waals surface area (Å²) >= 11 is 0. The molecular weight excluding hydrogens is 355 g/mol. The third-order valence-electron chi connectivity index (χ3n) is 6.65.